The van der Waals surface area contributed by atoms with Crippen LogP contribution >= 0.6 is 23.2 Å². The Morgan fingerprint density at radius 2 is 1.10 bits per heavy atom. The predicted molar refractivity (Wildman–Crippen MR) is 114 cm³/mol. The van der Waals surface area contributed by atoms with Crippen LogP contribution in [0.3, 0.4) is 0 Å². The molecule has 1 heterocycles. The highest BCUT2D eigenvalue weighted by Crippen LogP contribution is 2.27. The van der Waals surface area contributed by atoms with Gasteiger partial charge in [0.2, 0.25) is 20.0 Å². The zero-order chi connectivity index (χ0) is 22.8. The van der Waals surface area contributed by atoms with Crippen molar-refractivity contribution in [2.24, 2.45) is 0 Å². The molecule has 0 amide bonds. The van der Waals surface area contributed by atoms with Crippen LogP contribution in [0.1, 0.15) is 17.5 Å². The summed E-state index contributed by atoms with van der Waals surface area (Å²) in [6, 6.07) is 11.6. The minimum Gasteiger partial charge on any atom is -0.207 e. The standard InChI is InChI=1S/C19H16Cl2N4O4S2/c20-16-4-2-14(12-22)18(10-16)30(26,27)24-6-1-7-25(9-8-24)31(28,29)19-11-17(21)5-3-15(19)13-23/h2-5,10-11H,1,6-9H2. The predicted octanol–water partition coefficient (Wildman–Crippen LogP) is 2.82. The number of nitrogens with zero attached hydrogens (tertiary/aromatic N) is 4. The normalized spacial score (nSPS) is 16.3. The van der Waals surface area contributed by atoms with Crippen LogP contribution in [0.15, 0.2) is 46.2 Å². The van der Waals surface area contributed by atoms with E-state index in [4.69, 9.17) is 23.2 Å². The summed E-state index contributed by atoms with van der Waals surface area (Å²) in [5.41, 5.74) is -0.0913. The Kier molecular flexibility index (Phi) is 6.92. The van der Waals surface area contributed by atoms with Crippen LogP contribution in [0.5, 0.6) is 0 Å². The average molecular weight is 499 g/mol. The van der Waals surface area contributed by atoms with E-state index in [1.165, 1.54) is 36.4 Å². The molecule has 1 aliphatic heterocycles. The Balaban J connectivity index is 1.91. The van der Waals surface area contributed by atoms with E-state index in [1.807, 2.05) is 12.1 Å². The first-order valence-electron chi connectivity index (χ1n) is 9.01. The zero-order valence-corrected chi connectivity index (χ0v) is 19.1. The topological polar surface area (TPSA) is 122 Å². The van der Waals surface area contributed by atoms with Gasteiger partial charge in [0.15, 0.2) is 0 Å². The van der Waals surface area contributed by atoms with Crippen molar-refractivity contribution in [1.29, 1.82) is 10.5 Å². The van der Waals surface area contributed by atoms with Crippen molar-refractivity contribution in [2.75, 3.05) is 26.2 Å². The maximum Gasteiger partial charge on any atom is 0.244 e. The number of halogens is 2. The molecule has 12 heteroatoms. The fourth-order valence-electron chi connectivity index (χ4n) is 3.23. The first-order chi connectivity index (χ1) is 14.6. The molecule has 0 atom stereocenters. The van der Waals surface area contributed by atoms with Gasteiger partial charge in [0.1, 0.15) is 21.9 Å². The molecule has 0 bridgehead atoms. The lowest BCUT2D eigenvalue weighted by Crippen LogP contribution is -2.37. The second-order valence-electron chi connectivity index (χ2n) is 6.67. The van der Waals surface area contributed by atoms with E-state index in [0.29, 0.717) is 0 Å². The quantitative estimate of drug-likeness (QED) is 0.638. The summed E-state index contributed by atoms with van der Waals surface area (Å²) >= 11 is 11.9. The minimum atomic E-state index is -4.07. The Bertz CT molecular complexity index is 1210. The summed E-state index contributed by atoms with van der Waals surface area (Å²) in [5.74, 6) is 0. The third-order valence-corrected chi connectivity index (χ3v) is 9.13. The minimum absolute atomic E-state index is 0.0456. The van der Waals surface area contributed by atoms with Crippen LogP contribution < -0.4 is 0 Å². The van der Waals surface area contributed by atoms with Gasteiger partial charge in [-0.05, 0) is 42.8 Å². The van der Waals surface area contributed by atoms with Crippen molar-refractivity contribution in [2.45, 2.75) is 16.2 Å². The fraction of sp³-hybridized carbons (Fsp3) is 0.263. The highest BCUT2D eigenvalue weighted by atomic mass is 35.5. The molecule has 0 saturated carbocycles. The van der Waals surface area contributed by atoms with Crippen LogP contribution in [0.25, 0.3) is 0 Å². The maximum absolute atomic E-state index is 13.1. The van der Waals surface area contributed by atoms with Crippen LogP contribution in [-0.2, 0) is 20.0 Å². The zero-order valence-electron chi connectivity index (χ0n) is 16.0. The van der Waals surface area contributed by atoms with E-state index < -0.39 is 20.0 Å². The van der Waals surface area contributed by atoms with Gasteiger partial charge in [-0.25, -0.2) is 16.8 Å². The number of hydrogen-bond donors (Lipinski definition) is 0. The number of sulfonamides is 2. The molecule has 8 nitrogen and oxygen atoms in total. The highest BCUT2D eigenvalue weighted by molar-refractivity contribution is 7.89. The van der Waals surface area contributed by atoms with Crippen molar-refractivity contribution in [3.63, 3.8) is 0 Å². The van der Waals surface area contributed by atoms with Crippen LogP contribution in [0.4, 0.5) is 0 Å². The van der Waals surface area contributed by atoms with Crippen molar-refractivity contribution < 1.29 is 16.8 Å². The molecule has 0 aromatic heterocycles. The molecular weight excluding hydrogens is 483 g/mol. The summed E-state index contributed by atoms with van der Waals surface area (Å²) in [6.07, 6.45) is 0.226. The van der Waals surface area contributed by atoms with Gasteiger partial charge in [0, 0.05) is 36.2 Å². The lowest BCUT2D eigenvalue weighted by molar-refractivity contribution is 0.404. The van der Waals surface area contributed by atoms with Crippen molar-refractivity contribution >= 4 is 43.2 Å². The van der Waals surface area contributed by atoms with E-state index in [2.05, 4.69) is 0 Å². The molecule has 2 aromatic rings. The van der Waals surface area contributed by atoms with Gasteiger partial charge in [-0.15, -0.1) is 0 Å². The summed E-state index contributed by atoms with van der Waals surface area (Å²) in [5, 5.41) is 18.9. The van der Waals surface area contributed by atoms with E-state index in [-0.39, 0.29) is 63.6 Å². The summed E-state index contributed by atoms with van der Waals surface area (Å²) in [6.45, 7) is -0.123. The molecule has 0 spiro atoms. The van der Waals surface area contributed by atoms with Crippen molar-refractivity contribution in [3.8, 4) is 12.1 Å². The van der Waals surface area contributed by atoms with E-state index in [0.717, 1.165) is 8.61 Å². The molecule has 162 valence electrons. The average Bonchev–Trinajstić information content (AvgIpc) is 3.01. The second kappa shape index (κ2) is 9.13. The largest absolute Gasteiger partial charge is 0.244 e. The molecule has 0 aliphatic carbocycles. The molecule has 31 heavy (non-hydrogen) atoms. The number of benzene rings is 2. The van der Waals surface area contributed by atoms with E-state index in [9.17, 15) is 27.4 Å². The number of hydrogen-bond acceptors (Lipinski definition) is 6. The lowest BCUT2D eigenvalue weighted by Gasteiger charge is -2.22. The van der Waals surface area contributed by atoms with Crippen LogP contribution in [-0.4, -0.2) is 51.6 Å². The van der Waals surface area contributed by atoms with Gasteiger partial charge in [0.25, 0.3) is 0 Å². The maximum atomic E-state index is 13.1. The lowest BCUT2D eigenvalue weighted by atomic mass is 10.2. The Morgan fingerprint density at radius 1 is 0.710 bits per heavy atom. The fourth-order valence-corrected chi connectivity index (χ4v) is 6.98. The van der Waals surface area contributed by atoms with Crippen molar-refractivity contribution in [3.05, 3.63) is 57.6 Å². The molecule has 1 fully saturated rings. The first-order valence-corrected chi connectivity index (χ1v) is 12.6. The Morgan fingerprint density at radius 3 is 1.45 bits per heavy atom. The first kappa shape index (κ1) is 23.5. The highest BCUT2D eigenvalue weighted by Gasteiger charge is 2.34. The SMILES string of the molecule is N#Cc1ccc(Cl)cc1S(=O)(=O)N1CCCN(S(=O)(=O)c2cc(Cl)ccc2C#N)CC1. The molecule has 3 rings (SSSR count). The van der Waals surface area contributed by atoms with Gasteiger partial charge in [0.05, 0.1) is 11.1 Å². The number of rotatable bonds is 4. The van der Waals surface area contributed by atoms with E-state index >= 15 is 0 Å². The Hall–Kier alpha value is -2.18. The van der Waals surface area contributed by atoms with Gasteiger partial charge in [-0.3, -0.25) is 0 Å². The van der Waals surface area contributed by atoms with Gasteiger partial charge >= 0.3 is 0 Å². The van der Waals surface area contributed by atoms with Gasteiger partial charge < -0.3 is 0 Å². The molecule has 0 unspecified atom stereocenters. The molecule has 2 aromatic carbocycles. The smallest absolute Gasteiger partial charge is 0.207 e. The molecule has 1 saturated heterocycles. The Labute approximate surface area is 190 Å². The molecule has 0 N–H and O–H groups in total. The van der Waals surface area contributed by atoms with Gasteiger partial charge in [-0.2, -0.15) is 19.1 Å². The molecular formula is C19H16Cl2N4O4S2. The summed E-state index contributed by atoms with van der Waals surface area (Å²) < 4.78 is 54.8. The van der Waals surface area contributed by atoms with E-state index in [1.54, 1.807) is 0 Å². The van der Waals surface area contributed by atoms with Crippen molar-refractivity contribution in [1.82, 2.24) is 8.61 Å². The second-order valence-corrected chi connectivity index (χ2v) is 11.4. The van der Waals surface area contributed by atoms with Gasteiger partial charge in [-0.1, -0.05) is 23.2 Å². The third kappa shape index (κ3) is 4.70. The summed E-state index contributed by atoms with van der Waals surface area (Å²) in [7, 11) is -8.14. The molecule has 1 aliphatic rings. The third-order valence-electron chi connectivity index (χ3n) is 4.78. The monoisotopic (exact) mass is 498 g/mol. The number of nitriles is 2. The summed E-state index contributed by atoms with van der Waals surface area (Å²) in [4.78, 5) is -0.444. The molecule has 0 radical (unpaired) electrons. The van der Waals surface area contributed by atoms with Crippen LogP contribution in [0.2, 0.25) is 10.0 Å². The van der Waals surface area contributed by atoms with Crippen LogP contribution in [0, 0.1) is 22.7 Å².